The standard InChI is InChI=1S/C51H101NO4/c1-6-10-14-18-20-30-39-49(38-28-16-12-8-3)48(5)55-46-36-26-23-33-43-52(42-32-22-25-35-45-53)44-34-24-27-37-47-56-51(54)50(40-29-17-13-9-4)41-31-21-19-15-11-7-2/h49-50,53H,5-47H2,1-4H3. The fourth-order valence-corrected chi connectivity index (χ4v) is 8.15. The van der Waals surface area contributed by atoms with E-state index < -0.39 is 0 Å². The normalized spacial score (nSPS) is 12.7. The van der Waals surface area contributed by atoms with E-state index in [2.05, 4.69) is 39.2 Å². The van der Waals surface area contributed by atoms with Crippen molar-refractivity contribution in [3.8, 4) is 0 Å². The second-order valence-corrected chi connectivity index (χ2v) is 17.5. The molecule has 0 fully saturated rings. The lowest BCUT2D eigenvalue weighted by Gasteiger charge is -2.22. The average Bonchev–Trinajstić information content (AvgIpc) is 3.20. The molecule has 0 rings (SSSR count). The largest absolute Gasteiger partial charge is 0.498 e. The summed E-state index contributed by atoms with van der Waals surface area (Å²) in [6.45, 7) is 18.8. The fraction of sp³-hybridized carbons (Fsp3) is 0.941. The van der Waals surface area contributed by atoms with E-state index in [9.17, 15) is 9.90 Å². The minimum atomic E-state index is 0.0735. The highest BCUT2D eigenvalue weighted by Gasteiger charge is 2.19. The number of aliphatic hydroxyl groups is 1. The molecule has 0 saturated heterocycles. The molecule has 5 heteroatoms. The molecule has 0 aliphatic heterocycles. The third kappa shape index (κ3) is 37.2. The molecule has 0 amide bonds. The van der Waals surface area contributed by atoms with Crippen LogP contribution >= 0.6 is 0 Å². The smallest absolute Gasteiger partial charge is 0.308 e. The van der Waals surface area contributed by atoms with Crippen LogP contribution in [0.4, 0.5) is 0 Å². The molecular formula is C51H101NO4. The maximum atomic E-state index is 13.0. The van der Waals surface area contributed by atoms with Gasteiger partial charge < -0.3 is 19.5 Å². The van der Waals surface area contributed by atoms with E-state index in [-0.39, 0.29) is 11.9 Å². The molecule has 2 unspecified atom stereocenters. The summed E-state index contributed by atoms with van der Waals surface area (Å²) in [6, 6.07) is 0. The molecule has 0 aromatic rings. The van der Waals surface area contributed by atoms with Gasteiger partial charge in [-0.25, -0.2) is 0 Å². The molecule has 0 radical (unpaired) electrons. The lowest BCUT2D eigenvalue weighted by atomic mass is 9.93. The van der Waals surface area contributed by atoms with Crippen LogP contribution in [0.15, 0.2) is 12.3 Å². The second-order valence-electron chi connectivity index (χ2n) is 17.5. The Morgan fingerprint density at radius 3 is 1.18 bits per heavy atom. The van der Waals surface area contributed by atoms with E-state index in [1.807, 2.05) is 0 Å². The van der Waals surface area contributed by atoms with Crippen molar-refractivity contribution < 1.29 is 19.4 Å². The van der Waals surface area contributed by atoms with Crippen molar-refractivity contribution in [2.45, 2.75) is 259 Å². The van der Waals surface area contributed by atoms with Crippen LogP contribution in [0.1, 0.15) is 259 Å². The van der Waals surface area contributed by atoms with Gasteiger partial charge in [0.2, 0.25) is 0 Å². The molecule has 2 atom stereocenters. The van der Waals surface area contributed by atoms with Crippen LogP contribution in [-0.2, 0) is 14.3 Å². The van der Waals surface area contributed by atoms with Crippen LogP contribution in [0.3, 0.4) is 0 Å². The fourth-order valence-electron chi connectivity index (χ4n) is 8.15. The summed E-state index contributed by atoms with van der Waals surface area (Å²) in [4.78, 5) is 15.7. The summed E-state index contributed by atoms with van der Waals surface area (Å²) in [6.07, 6.45) is 44.4. The Balaban J connectivity index is 4.48. The van der Waals surface area contributed by atoms with Crippen LogP contribution in [-0.4, -0.2) is 55.4 Å². The number of allylic oxidation sites excluding steroid dienone is 1. The van der Waals surface area contributed by atoms with Gasteiger partial charge in [0.15, 0.2) is 0 Å². The Labute approximate surface area is 351 Å². The monoisotopic (exact) mass is 792 g/mol. The van der Waals surface area contributed by atoms with Gasteiger partial charge in [-0.2, -0.15) is 0 Å². The maximum absolute atomic E-state index is 13.0. The van der Waals surface area contributed by atoms with Crippen LogP contribution in [0.25, 0.3) is 0 Å². The van der Waals surface area contributed by atoms with Crippen molar-refractivity contribution in [3.05, 3.63) is 12.3 Å². The van der Waals surface area contributed by atoms with E-state index >= 15 is 0 Å². The Morgan fingerprint density at radius 2 is 0.750 bits per heavy atom. The molecule has 0 spiro atoms. The quantitative estimate of drug-likeness (QED) is 0.0378. The number of esters is 1. The zero-order valence-electron chi connectivity index (χ0n) is 38.7. The van der Waals surface area contributed by atoms with Crippen LogP contribution in [0.5, 0.6) is 0 Å². The summed E-state index contributed by atoms with van der Waals surface area (Å²) in [5.41, 5.74) is 0. The molecule has 0 aliphatic carbocycles. The van der Waals surface area contributed by atoms with Gasteiger partial charge in [-0.15, -0.1) is 0 Å². The van der Waals surface area contributed by atoms with Gasteiger partial charge in [-0.1, -0.05) is 201 Å². The predicted molar refractivity (Wildman–Crippen MR) is 245 cm³/mol. The van der Waals surface area contributed by atoms with Crippen LogP contribution in [0, 0.1) is 11.8 Å². The molecule has 0 bridgehead atoms. The molecule has 334 valence electrons. The van der Waals surface area contributed by atoms with Crippen molar-refractivity contribution in [3.63, 3.8) is 0 Å². The number of carbonyl (C=O) groups is 1. The summed E-state index contributed by atoms with van der Waals surface area (Å²) in [7, 11) is 0. The van der Waals surface area contributed by atoms with Crippen molar-refractivity contribution in [1.82, 2.24) is 4.90 Å². The highest BCUT2D eigenvalue weighted by Crippen LogP contribution is 2.26. The van der Waals surface area contributed by atoms with E-state index in [1.54, 1.807) is 0 Å². The zero-order chi connectivity index (χ0) is 41.0. The molecule has 1 N–H and O–H groups in total. The topological polar surface area (TPSA) is 59.0 Å². The molecule has 0 aromatic carbocycles. The minimum absolute atomic E-state index is 0.0735. The summed E-state index contributed by atoms with van der Waals surface area (Å²) >= 11 is 0. The molecule has 5 nitrogen and oxygen atoms in total. The highest BCUT2D eigenvalue weighted by atomic mass is 16.5. The molecule has 0 saturated carbocycles. The number of unbranched alkanes of at least 4 members (excludes halogenated alkanes) is 25. The average molecular weight is 792 g/mol. The zero-order valence-corrected chi connectivity index (χ0v) is 38.7. The number of nitrogens with zero attached hydrogens (tertiary/aromatic N) is 1. The first-order chi connectivity index (χ1) is 27.5. The Bertz CT molecular complexity index is 745. The van der Waals surface area contributed by atoms with Crippen LogP contribution in [0.2, 0.25) is 0 Å². The predicted octanol–water partition coefficient (Wildman–Crippen LogP) is 15.7. The molecule has 56 heavy (non-hydrogen) atoms. The number of hydrogen-bond acceptors (Lipinski definition) is 5. The molecule has 0 heterocycles. The maximum Gasteiger partial charge on any atom is 0.308 e. The molecular weight excluding hydrogens is 691 g/mol. The van der Waals surface area contributed by atoms with Crippen molar-refractivity contribution in [2.75, 3.05) is 39.5 Å². The first-order valence-corrected chi connectivity index (χ1v) is 25.3. The molecule has 0 aliphatic rings. The van der Waals surface area contributed by atoms with E-state index in [0.29, 0.717) is 19.1 Å². The van der Waals surface area contributed by atoms with Crippen molar-refractivity contribution in [2.24, 2.45) is 11.8 Å². The number of ether oxygens (including phenoxy) is 2. The summed E-state index contributed by atoms with van der Waals surface area (Å²) < 4.78 is 12.2. The Hall–Kier alpha value is -1.07. The number of hydrogen-bond donors (Lipinski definition) is 1. The lowest BCUT2D eigenvalue weighted by Crippen LogP contribution is -2.27. The van der Waals surface area contributed by atoms with Gasteiger partial charge in [0, 0.05) is 12.5 Å². The molecule has 0 aromatic heterocycles. The van der Waals surface area contributed by atoms with Gasteiger partial charge in [-0.3, -0.25) is 4.79 Å². The number of rotatable bonds is 47. The third-order valence-electron chi connectivity index (χ3n) is 12.1. The Kier molecular flexibility index (Phi) is 44.2. The number of aliphatic hydroxyl groups excluding tert-OH is 1. The van der Waals surface area contributed by atoms with Crippen LogP contribution < -0.4 is 0 Å². The highest BCUT2D eigenvalue weighted by molar-refractivity contribution is 5.72. The van der Waals surface area contributed by atoms with Gasteiger partial charge in [0.1, 0.15) is 0 Å². The summed E-state index contributed by atoms with van der Waals surface area (Å²) in [5.74, 6) is 1.78. The second kappa shape index (κ2) is 45.0. The lowest BCUT2D eigenvalue weighted by molar-refractivity contribution is -0.149. The van der Waals surface area contributed by atoms with E-state index in [4.69, 9.17) is 9.47 Å². The van der Waals surface area contributed by atoms with Crippen molar-refractivity contribution >= 4 is 5.97 Å². The van der Waals surface area contributed by atoms with Crippen molar-refractivity contribution in [1.29, 1.82) is 0 Å². The third-order valence-corrected chi connectivity index (χ3v) is 12.1. The van der Waals surface area contributed by atoms with Gasteiger partial charge in [0.25, 0.3) is 0 Å². The van der Waals surface area contributed by atoms with E-state index in [0.717, 1.165) is 63.7 Å². The Morgan fingerprint density at radius 1 is 0.429 bits per heavy atom. The van der Waals surface area contributed by atoms with E-state index in [1.165, 1.54) is 199 Å². The van der Waals surface area contributed by atoms with Gasteiger partial charge in [0.05, 0.1) is 24.9 Å². The van der Waals surface area contributed by atoms with Gasteiger partial charge >= 0.3 is 5.97 Å². The number of carbonyl (C=O) groups excluding carboxylic acids is 1. The first kappa shape index (κ1) is 54.9. The SMILES string of the molecule is C=C(OCCCCCCN(CCCCCCO)CCCCCCOC(=O)C(CCCCCC)CCCCCCCC)C(CCCCCC)CCCCCCCC. The van der Waals surface area contributed by atoms with Gasteiger partial charge in [-0.05, 0) is 83.8 Å². The minimum Gasteiger partial charge on any atom is -0.498 e. The first-order valence-electron chi connectivity index (χ1n) is 25.3. The summed E-state index contributed by atoms with van der Waals surface area (Å²) in [5, 5.41) is 9.19.